The van der Waals surface area contributed by atoms with Crippen molar-refractivity contribution >= 4 is 17.8 Å². The maximum Gasteiger partial charge on any atom is 0.306 e. The summed E-state index contributed by atoms with van der Waals surface area (Å²) in [5.74, 6) is -0.497. The molecule has 0 radical (unpaired) electrons. The number of aryl methyl sites for hydroxylation is 1. The summed E-state index contributed by atoms with van der Waals surface area (Å²) in [6, 6.07) is 9.33. The standard InChI is InChI=1S/C17H17N3O5/c21-14-7-4-10-20(14)15(22)11-24-16(23)9-8-13-18-17(19-25-13)12-5-2-1-3-6-12/h1-3,5-6H,4,7-11H2. The number of aromatic nitrogens is 2. The van der Waals surface area contributed by atoms with E-state index in [1.165, 1.54) is 0 Å². The second kappa shape index (κ2) is 7.69. The van der Waals surface area contributed by atoms with Gasteiger partial charge in [0, 0.05) is 24.9 Å². The van der Waals surface area contributed by atoms with E-state index in [4.69, 9.17) is 9.26 Å². The van der Waals surface area contributed by atoms with Crippen LogP contribution in [-0.2, 0) is 25.5 Å². The minimum absolute atomic E-state index is 0.0116. The quantitative estimate of drug-likeness (QED) is 0.730. The van der Waals surface area contributed by atoms with Crippen molar-refractivity contribution in [3.8, 4) is 11.4 Å². The van der Waals surface area contributed by atoms with Gasteiger partial charge in [0.15, 0.2) is 6.61 Å². The summed E-state index contributed by atoms with van der Waals surface area (Å²) < 4.78 is 10.0. The van der Waals surface area contributed by atoms with Crippen LogP contribution in [0, 0.1) is 0 Å². The van der Waals surface area contributed by atoms with Crippen molar-refractivity contribution in [3.05, 3.63) is 36.2 Å². The molecular formula is C17H17N3O5. The van der Waals surface area contributed by atoms with Gasteiger partial charge in [-0.2, -0.15) is 4.98 Å². The molecule has 8 heteroatoms. The van der Waals surface area contributed by atoms with Crippen LogP contribution in [0.25, 0.3) is 11.4 Å². The van der Waals surface area contributed by atoms with Crippen molar-refractivity contribution in [1.29, 1.82) is 0 Å². The smallest absolute Gasteiger partial charge is 0.306 e. The lowest BCUT2D eigenvalue weighted by Gasteiger charge is -2.13. The van der Waals surface area contributed by atoms with E-state index in [0.29, 0.717) is 31.1 Å². The number of amides is 2. The molecule has 0 spiro atoms. The fourth-order valence-electron chi connectivity index (χ4n) is 2.47. The molecule has 0 aliphatic carbocycles. The van der Waals surface area contributed by atoms with Gasteiger partial charge in [0.1, 0.15) is 0 Å². The molecule has 8 nitrogen and oxygen atoms in total. The van der Waals surface area contributed by atoms with Crippen LogP contribution in [-0.4, -0.2) is 46.0 Å². The molecule has 0 unspecified atom stereocenters. The van der Waals surface area contributed by atoms with E-state index in [0.717, 1.165) is 10.5 Å². The summed E-state index contributed by atoms with van der Waals surface area (Å²) in [6.07, 6.45) is 1.24. The van der Waals surface area contributed by atoms with Gasteiger partial charge in [-0.3, -0.25) is 19.3 Å². The van der Waals surface area contributed by atoms with E-state index < -0.39 is 18.5 Å². The molecule has 1 aromatic heterocycles. The van der Waals surface area contributed by atoms with Gasteiger partial charge < -0.3 is 9.26 Å². The number of hydrogen-bond donors (Lipinski definition) is 0. The first-order valence-electron chi connectivity index (χ1n) is 8.00. The molecule has 1 aliphatic rings. The SMILES string of the molecule is O=C(CCc1nc(-c2ccccc2)no1)OCC(=O)N1CCCC1=O. The Labute approximate surface area is 143 Å². The Morgan fingerprint density at radius 2 is 2.04 bits per heavy atom. The number of rotatable bonds is 6. The first-order valence-corrected chi connectivity index (χ1v) is 8.00. The molecule has 1 saturated heterocycles. The number of imide groups is 1. The molecule has 3 rings (SSSR count). The first-order chi connectivity index (χ1) is 12.1. The van der Waals surface area contributed by atoms with Gasteiger partial charge >= 0.3 is 5.97 Å². The van der Waals surface area contributed by atoms with E-state index in [2.05, 4.69) is 10.1 Å². The fraction of sp³-hybridized carbons (Fsp3) is 0.353. The van der Waals surface area contributed by atoms with Gasteiger partial charge in [-0.05, 0) is 6.42 Å². The fourth-order valence-corrected chi connectivity index (χ4v) is 2.47. The lowest BCUT2D eigenvalue weighted by atomic mass is 10.2. The molecule has 2 aromatic rings. The minimum Gasteiger partial charge on any atom is -0.456 e. The number of benzene rings is 1. The van der Waals surface area contributed by atoms with Crippen molar-refractivity contribution in [2.24, 2.45) is 0 Å². The van der Waals surface area contributed by atoms with E-state index in [9.17, 15) is 14.4 Å². The Kier molecular flexibility index (Phi) is 5.17. The van der Waals surface area contributed by atoms with Crippen LogP contribution < -0.4 is 0 Å². The first kappa shape index (κ1) is 16.8. The summed E-state index contributed by atoms with van der Waals surface area (Å²) in [4.78, 5) is 40.3. The third-order valence-electron chi connectivity index (χ3n) is 3.77. The number of ether oxygens (including phenoxy) is 1. The molecule has 2 heterocycles. The number of likely N-dealkylation sites (tertiary alicyclic amines) is 1. The predicted molar refractivity (Wildman–Crippen MR) is 85.0 cm³/mol. The maximum absolute atomic E-state index is 11.8. The lowest BCUT2D eigenvalue weighted by molar-refractivity contribution is -0.154. The molecular weight excluding hydrogens is 326 g/mol. The average Bonchev–Trinajstić information content (AvgIpc) is 3.27. The van der Waals surface area contributed by atoms with Crippen LogP contribution in [0.15, 0.2) is 34.9 Å². The normalized spacial score (nSPS) is 13.9. The number of nitrogens with zero attached hydrogens (tertiary/aromatic N) is 3. The van der Waals surface area contributed by atoms with Crippen molar-refractivity contribution in [2.75, 3.05) is 13.2 Å². The molecule has 1 aromatic carbocycles. The molecule has 1 fully saturated rings. The van der Waals surface area contributed by atoms with Crippen molar-refractivity contribution < 1.29 is 23.6 Å². The minimum atomic E-state index is -0.556. The van der Waals surface area contributed by atoms with Crippen LogP contribution in [0.3, 0.4) is 0 Å². The second-order valence-corrected chi connectivity index (χ2v) is 5.58. The Bertz CT molecular complexity index is 772. The topological polar surface area (TPSA) is 103 Å². The average molecular weight is 343 g/mol. The zero-order valence-corrected chi connectivity index (χ0v) is 13.5. The Morgan fingerprint density at radius 1 is 1.24 bits per heavy atom. The summed E-state index contributed by atoms with van der Waals surface area (Å²) in [5.41, 5.74) is 0.820. The molecule has 2 amide bonds. The van der Waals surface area contributed by atoms with Crippen molar-refractivity contribution in [2.45, 2.75) is 25.7 Å². The Hall–Kier alpha value is -3.03. The van der Waals surface area contributed by atoms with Crippen LogP contribution in [0.1, 0.15) is 25.2 Å². The Balaban J connectivity index is 1.44. The van der Waals surface area contributed by atoms with Crippen LogP contribution >= 0.6 is 0 Å². The van der Waals surface area contributed by atoms with Gasteiger partial charge in [0.05, 0.1) is 6.42 Å². The number of esters is 1. The largest absolute Gasteiger partial charge is 0.456 e. The van der Waals surface area contributed by atoms with Gasteiger partial charge in [-0.1, -0.05) is 35.5 Å². The van der Waals surface area contributed by atoms with Crippen molar-refractivity contribution in [3.63, 3.8) is 0 Å². The highest BCUT2D eigenvalue weighted by Crippen LogP contribution is 2.15. The molecule has 0 N–H and O–H groups in total. The highest BCUT2D eigenvalue weighted by molar-refractivity contribution is 5.97. The summed E-state index contributed by atoms with van der Waals surface area (Å²) in [6.45, 7) is -0.0386. The van der Waals surface area contributed by atoms with Gasteiger partial charge in [-0.15, -0.1) is 0 Å². The van der Waals surface area contributed by atoms with Gasteiger partial charge in [-0.25, -0.2) is 0 Å². The highest BCUT2D eigenvalue weighted by Gasteiger charge is 2.26. The van der Waals surface area contributed by atoms with Crippen LogP contribution in [0.4, 0.5) is 0 Å². The molecule has 0 saturated carbocycles. The van der Waals surface area contributed by atoms with E-state index >= 15 is 0 Å². The predicted octanol–water partition coefficient (Wildman–Crippen LogP) is 1.36. The lowest BCUT2D eigenvalue weighted by Crippen LogP contribution is -2.35. The Morgan fingerprint density at radius 3 is 2.76 bits per heavy atom. The van der Waals surface area contributed by atoms with E-state index in [1.807, 2.05) is 30.3 Å². The van der Waals surface area contributed by atoms with Crippen molar-refractivity contribution in [1.82, 2.24) is 15.0 Å². The molecule has 1 aliphatic heterocycles. The van der Waals surface area contributed by atoms with Gasteiger partial charge in [0.2, 0.25) is 17.6 Å². The molecule has 25 heavy (non-hydrogen) atoms. The number of carbonyl (C=O) groups excluding carboxylic acids is 3. The zero-order chi connectivity index (χ0) is 17.6. The van der Waals surface area contributed by atoms with E-state index in [1.54, 1.807) is 0 Å². The highest BCUT2D eigenvalue weighted by atomic mass is 16.5. The van der Waals surface area contributed by atoms with E-state index in [-0.39, 0.29) is 18.7 Å². The summed E-state index contributed by atoms with van der Waals surface area (Å²) in [7, 11) is 0. The van der Waals surface area contributed by atoms with Crippen LogP contribution in [0.5, 0.6) is 0 Å². The molecule has 0 atom stereocenters. The number of carbonyl (C=O) groups is 3. The summed E-state index contributed by atoms with van der Waals surface area (Å²) in [5, 5.41) is 3.86. The zero-order valence-electron chi connectivity index (χ0n) is 13.5. The third kappa shape index (κ3) is 4.28. The monoisotopic (exact) mass is 343 g/mol. The molecule has 0 bridgehead atoms. The number of hydrogen-bond acceptors (Lipinski definition) is 7. The van der Waals surface area contributed by atoms with Crippen LogP contribution in [0.2, 0.25) is 0 Å². The second-order valence-electron chi connectivity index (χ2n) is 5.58. The maximum atomic E-state index is 11.8. The third-order valence-corrected chi connectivity index (χ3v) is 3.77. The van der Waals surface area contributed by atoms with Gasteiger partial charge in [0.25, 0.3) is 5.91 Å². The molecule has 130 valence electrons. The summed E-state index contributed by atoms with van der Waals surface area (Å²) >= 11 is 0.